The Morgan fingerprint density at radius 3 is 2.79 bits per heavy atom. The number of carbonyl (C=O) groups is 1. The van der Waals surface area contributed by atoms with Gasteiger partial charge in [-0.05, 0) is 67.6 Å². The summed E-state index contributed by atoms with van der Waals surface area (Å²) in [6.07, 6.45) is 4.01. The number of hydrogen-bond acceptors (Lipinski definition) is 2. The van der Waals surface area contributed by atoms with Crippen molar-refractivity contribution in [2.75, 3.05) is 0 Å². The first-order valence-electron chi connectivity index (χ1n) is 8.05. The highest BCUT2D eigenvalue weighted by molar-refractivity contribution is 5.88. The lowest BCUT2D eigenvalue weighted by Crippen LogP contribution is -2.05. The number of aryl methyl sites for hydroxylation is 3. The van der Waals surface area contributed by atoms with Crippen molar-refractivity contribution in [1.82, 2.24) is 9.78 Å². The summed E-state index contributed by atoms with van der Waals surface area (Å²) in [4.78, 5) is 11.2. The van der Waals surface area contributed by atoms with Crippen LogP contribution in [0, 0.1) is 13.8 Å². The first-order chi connectivity index (χ1) is 11.5. The van der Waals surface area contributed by atoms with Gasteiger partial charge in [0.15, 0.2) is 0 Å². The Morgan fingerprint density at radius 2 is 2.00 bits per heavy atom. The summed E-state index contributed by atoms with van der Waals surface area (Å²) in [5.74, 6) is -0.926. The van der Waals surface area contributed by atoms with E-state index < -0.39 is 5.97 Å². The standard InChI is InChI=1S/C20H18N2O2/c1-12-8-13(2)17-7-6-15-11-22(21-19(15)18(17)9-12)16-5-3-4-14(10-16)20(23)24/h3-5,8-11H,6-7H2,1-2H3,(H,23,24). The lowest BCUT2D eigenvalue weighted by molar-refractivity contribution is 0.0697. The van der Waals surface area contributed by atoms with Crippen molar-refractivity contribution in [3.63, 3.8) is 0 Å². The summed E-state index contributed by atoms with van der Waals surface area (Å²) >= 11 is 0. The highest BCUT2D eigenvalue weighted by Crippen LogP contribution is 2.35. The number of carboxylic acids is 1. The topological polar surface area (TPSA) is 55.1 Å². The molecule has 4 rings (SSSR count). The van der Waals surface area contributed by atoms with Crippen molar-refractivity contribution in [1.29, 1.82) is 0 Å². The Balaban J connectivity index is 1.85. The van der Waals surface area contributed by atoms with Gasteiger partial charge in [0.05, 0.1) is 16.9 Å². The third-order valence-corrected chi connectivity index (χ3v) is 4.66. The summed E-state index contributed by atoms with van der Waals surface area (Å²) in [6, 6.07) is 11.3. The molecule has 1 aromatic heterocycles. The largest absolute Gasteiger partial charge is 0.478 e. The molecule has 0 saturated carbocycles. The van der Waals surface area contributed by atoms with Gasteiger partial charge in [0.25, 0.3) is 0 Å². The van der Waals surface area contributed by atoms with Gasteiger partial charge in [-0.2, -0.15) is 5.10 Å². The lowest BCUT2D eigenvalue weighted by atomic mass is 9.86. The van der Waals surface area contributed by atoms with Crippen molar-refractivity contribution >= 4 is 5.97 Å². The number of benzene rings is 2. The molecule has 0 amide bonds. The predicted octanol–water partition coefficient (Wildman–Crippen LogP) is 3.95. The molecule has 1 aliphatic rings. The van der Waals surface area contributed by atoms with Crippen LogP contribution in [0.2, 0.25) is 0 Å². The fraction of sp³-hybridized carbons (Fsp3) is 0.200. The van der Waals surface area contributed by atoms with E-state index in [-0.39, 0.29) is 5.56 Å². The first-order valence-corrected chi connectivity index (χ1v) is 8.05. The van der Waals surface area contributed by atoms with E-state index in [0.29, 0.717) is 0 Å². The van der Waals surface area contributed by atoms with Gasteiger partial charge in [-0.25, -0.2) is 9.48 Å². The van der Waals surface area contributed by atoms with Gasteiger partial charge in [0.1, 0.15) is 0 Å². The molecule has 0 spiro atoms. The van der Waals surface area contributed by atoms with E-state index in [1.54, 1.807) is 22.9 Å². The SMILES string of the molecule is Cc1cc(C)c2c(c1)-c1nn(-c3cccc(C(=O)O)c3)cc1CC2. The highest BCUT2D eigenvalue weighted by Gasteiger charge is 2.22. The predicted molar refractivity (Wildman–Crippen MR) is 92.8 cm³/mol. The molecule has 1 N–H and O–H groups in total. The molecule has 24 heavy (non-hydrogen) atoms. The van der Waals surface area contributed by atoms with Crippen molar-refractivity contribution in [3.8, 4) is 16.9 Å². The molecule has 0 aliphatic heterocycles. The monoisotopic (exact) mass is 318 g/mol. The summed E-state index contributed by atoms with van der Waals surface area (Å²) in [5.41, 5.74) is 8.42. The zero-order chi connectivity index (χ0) is 16.8. The maximum absolute atomic E-state index is 11.2. The van der Waals surface area contributed by atoms with Crippen LogP contribution in [-0.4, -0.2) is 20.9 Å². The molecule has 0 bridgehead atoms. The second-order valence-electron chi connectivity index (χ2n) is 6.41. The maximum Gasteiger partial charge on any atom is 0.335 e. The van der Waals surface area contributed by atoms with E-state index >= 15 is 0 Å². The van der Waals surface area contributed by atoms with Gasteiger partial charge in [0, 0.05) is 11.8 Å². The first kappa shape index (κ1) is 14.7. The smallest absolute Gasteiger partial charge is 0.335 e. The van der Waals surface area contributed by atoms with Crippen LogP contribution in [0.15, 0.2) is 42.6 Å². The van der Waals surface area contributed by atoms with Crippen molar-refractivity contribution < 1.29 is 9.90 Å². The maximum atomic E-state index is 11.2. The molecule has 1 aliphatic carbocycles. The minimum absolute atomic E-state index is 0.271. The zero-order valence-corrected chi connectivity index (χ0v) is 13.7. The van der Waals surface area contributed by atoms with Gasteiger partial charge in [-0.1, -0.05) is 17.7 Å². The molecule has 4 heteroatoms. The molecule has 0 atom stereocenters. The summed E-state index contributed by atoms with van der Waals surface area (Å²) in [5, 5.41) is 13.9. The molecule has 1 heterocycles. The summed E-state index contributed by atoms with van der Waals surface area (Å²) in [6.45, 7) is 4.26. The number of aromatic nitrogens is 2. The van der Waals surface area contributed by atoms with Crippen LogP contribution in [0.4, 0.5) is 0 Å². The van der Waals surface area contributed by atoms with Crippen molar-refractivity contribution in [3.05, 3.63) is 70.4 Å². The van der Waals surface area contributed by atoms with Crippen molar-refractivity contribution in [2.45, 2.75) is 26.7 Å². The molecule has 4 nitrogen and oxygen atoms in total. The Hall–Kier alpha value is -2.88. The fourth-order valence-corrected chi connectivity index (χ4v) is 3.53. The number of rotatable bonds is 2. The van der Waals surface area contributed by atoms with Gasteiger partial charge in [0.2, 0.25) is 0 Å². The average Bonchev–Trinajstić information content (AvgIpc) is 2.99. The van der Waals surface area contributed by atoms with E-state index in [2.05, 4.69) is 26.0 Å². The minimum atomic E-state index is -0.926. The quantitative estimate of drug-likeness (QED) is 0.778. The van der Waals surface area contributed by atoms with Crippen LogP contribution in [0.3, 0.4) is 0 Å². The van der Waals surface area contributed by atoms with Gasteiger partial charge in [-0.15, -0.1) is 0 Å². The molecular formula is C20H18N2O2. The lowest BCUT2D eigenvalue weighted by Gasteiger charge is -2.18. The molecule has 0 fully saturated rings. The van der Waals surface area contributed by atoms with Gasteiger partial charge >= 0.3 is 5.97 Å². The Morgan fingerprint density at radius 1 is 1.17 bits per heavy atom. The van der Waals surface area contributed by atoms with E-state index in [1.165, 1.54) is 27.8 Å². The molecular weight excluding hydrogens is 300 g/mol. The molecule has 3 aromatic rings. The van der Waals surface area contributed by atoms with Crippen LogP contribution in [0.5, 0.6) is 0 Å². The summed E-state index contributed by atoms with van der Waals surface area (Å²) < 4.78 is 1.80. The number of hydrogen-bond donors (Lipinski definition) is 1. The van der Waals surface area contributed by atoms with Crippen LogP contribution in [0.25, 0.3) is 16.9 Å². The van der Waals surface area contributed by atoms with Crippen LogP contribution in [-0.2, 0) is 12.8 Å². The highest BCUT2D eigenvalue weighted by atomic mass is 16.4. The molecule has 120 valence electrons. The van der Waals surface area contributed by atoms with E-state index in [1.807, 2.05) is 12.3 Å². The van der Waals surface area contributed by atoms with Crippen LogP contribution >= 0.6 is 0 Å². The van der Waals surface area contributed by atoms with Crippen molar-refractivity contribution in [2.24, 2.45) is 0 Å². The Kier molecular flexibility index (Phi) is 3.27. The molecule has 0 radical (unpaired) electrons. The number of aromatic carboxylic acids is 1. The summed E-state index contributed by atoms with van der Waals surface area (Å²) in [7, 11) is 0. The molecule has 2 aromatic carbocycles. The Bertz CT molecular complexity index is 970. The van der Waals surface area contributed by atoms with E-state index in [0.717, 1.165) is 24.2 Å². The number of carboxylic acid groups (broad SMARTS) is 1. The van der Waals surface area contributed by atoms with Crippen LogP contribution in [0.1, 0.15) is 32.6 Å². The van der Waals surface area contributed by atoms with Crippen LogP contribution < -0.4 is 0 Å². The second-order valence-corrected chi connectivity index (χ2v) is 6.41. The zero-order valence-electron chi connectivity index (χ0n) is 13.7. The average molecular weight is 318 g/mol. The normalized spacial score (nSPS) is 12.6. The van der Waals surface area contributed by atoms with E-state index in [4.69, 9.17) is 5.10 Å². The number of fused-ring (bicyclic) bond motifs is 3. The Labute approximate surface area is 140 Å². The minimum Gasteiger partial charge on any atom is -0.478 e. The van der Waals surface area contributed by atoms with Gasteiger partial charge < -0.3 is 5.11 Å². The third kappa shape index (κ3) is 2.31. The number of nitrogens with zero attached hydrogens (tertiary/aromatic N) is 2. The van der Waals surface area contributed by atoms with E-state index in [9.17, 15) is 9.90 Å². The second kappa shape index (κ2) is 5.34. The van der Waals surface area contributed by atoms with Gasteiger partial charge in [-0.3, -0.25) is 0 Å². The molecule has 0 unspecified atom stereocenters. The third-order valence-electron chi connectivity index (χ3n) is 4.66. The fourth-order valence-electron chi connectivity index (χ4n) is 3.53. The molecule has 0 saturated heterocycles.